The standard InChI is InChI=1S/C12H20N4S/c1-2-6-11-14-15-12(16(11)8-3-1)17-9-10-5-4-7-13-10/h10,13H,1-9H2/t10-/m1/s1. The fraction of sp³-hybridized carbons (Fsp3) is 0.833. The zero-order valence-electron chi connectivity index (χ0n) is 10.2. The lowest BCUT2D eigenvalue weighted by molar-refractivity contribution is 0.589. The van der Waals surface area contributed by atoms with Crippen molar-refractivity contribution in [1.29, 1.82) is 0 Å². The van der Waals surface area contributed by atoms with Crippen molar-refractivity contribution in [3.8, 4) is 0 Å². The quantitative estimate of drug-likeness (QED) is 0.834. The van der Waals surface area contributed by atoms with E-state index >= 15 is 0 Å². The maximum absolute atomic E-state index is 4.35. The van der Waals surface area contributed by atoms with Crippen LogP contribution in [0.25, 0.3) is 0 Å². The van der Waals surface area contributed by atoms with Gasteiger partial charge in [0.05, 0.1) is 0 Å². The van der Waals surface area contributed by atoms with Gasteiger partial charge in [0.15, 0.2) is 5.16 Å². The van der Waals surface area contributed by atoms with Gasteiger partial charge in [0.25, 0.3) is 0 Å². The van der Waals surface area contributed by atoms with Crippen LogP contribution < -0.4 is 5.32 Å². The lowest BCUT2D eigenvalue weighted by Crippen LogP contribution is -2.23. The fourth-order valence-electron chi connectivity index (χ4n) is 2.64. The Hall–Kier alpha value is -0.550. The smallest absolute Gasteiger partial charge is 0.191 e. The van der Waals surface area contributed by atoms with Crippen LogP contribution in [0.3, 0.4) is 0 Å². The highest BCUT2D eigenvalue weighted by molar-refractivity contribution is 7.99. The van der Waals surface area contributed by atoms with Gasteiger partial charge in [-0.25, -0.2) is 0 Å². The predicted molar refractivity (Wildman–Crippen MR) is 69.3 cm³/mol. The minimum absolute atomic E-state index is 0.679. The SMILES string of the molecule is C1CCc2nnc(SC[C@H]3CCCN3)n2CC1. The molecule has 0 spiro atoms. The molecule has 17 heavy (non-hydrogen) atoms. The lowest BCUT2D eigenvalue weighted by atomic mass is 10.2. The van der Waals surface area contributed by atoms with Crippen LogP contribution in [0.5, 0.6) is 0 Å². The highest BCUT2D eigenvalue weighted by Gasteiger charge is 2.18. The lowest BCUT2D eigenvalue weighted by Gasteiger charge is -2.10. The molecule has 4 nitrogen and oxygen atoms in total. The van der Waals surface area contributed by atoms with Crippen LogP contribution in [0.1, 0.15) is 37.9 Å². The van der Waals surface area contributed by atoms with Gasteiger partial charge in [0, 0.05) is 24.8 Å². The van der Waals surface area contributed by atoms with Crippen molar-refractivity contribution in [2.45, 2.75) is 56.3 Å². The van der Waals surface area contributed by atoms with Gasteiger partial charge in [-0.2, -0.15) is 0 Å². The molecule has 5 heteroatoms. The van der Waals surface area contributed by atoms with E-state index in [1.807, 2.05) is 11.8 Å². The summed E-state index contributed by atoms with van der Waals surface area (Å²) in [6.07, 6.45) is 7.62. The molecule has 1 aromatic heterocycles. The summed E-state index contributed by atoms with van der Waals surface area (Å²) in [7, 11) is 0. The summed E-state index contributed by atoms with van der Waals surface area (Å²) in [6.45, 7) is 2.30. The van der Waals surface area contributed by atoms with Crippen LogP contribution in [0.15, 0.2) is 5.16 Å². The van der Waals surface area contributed by atoms with Crippen LogP contribution in [-0.4, -0.2) is 33.1 Å². The summed E-state index contributed by atoms with van der Waals surface area (Å²) in [5.74, 6) is 2.34. The van der Waals surface area contributed by atoms with E-state index in [1.54, 1.807) is 0 Å². The average molecular weight is 252 g/mol. The Morgan fingerprint density at radius 1 is 1.24 bits per heavy atom. The van der Waals surface area contributed by atoms with E-state index in [1.165, 1.54) is 44.5 Å². The molecule has 1 atom stereocenters. The minimum Gasteiger partial charge on any atom is -0.313 e. The number of aryl methyl sites for hydroxylation is 1. The summed E-state index contributed by atoms with van der Waals surface area (Å²) >= 11 is 1.88. The number of nitrogens with one attached hydrogen (secondary N) is 1. The molecule has 1 fully saturated rings. The van der Waals surface area contributed by atoms with Gasteiger partial charge in [0.2, 0.25) is 0 Å². The van der Waals surface area contributed by atoms with E-state index in [9.17, 15) is 0 Å². The van der Waals surface area contributed by atoms with Gasteiger partial charge >= 0.3 is 0 Å². The van der Waals surface area contributed by atoms with Gasteiger partial charge in [-0.1, -0.05) is 18.2 Å². The Morgan fingerprint density at radius 2 is 2.24 bits per heavy atom. The zero-order valence-corrected chi connectivity index (χ0v) is 11.0. The molecule has 0 amide bonds. The van der Waals surface area contributed by atoms with Crippen molar-refractivity contribution < 1.29 is 0 Å². The topological polar surface area (TPSA) is 42.7 Å². The van der Waals surface area contributed by atoms with E-state index in [4.69, 9.17) is 0 Å². The van der Waals surface area contributed by atoms with Gasteiger partial charge in [0.1, 0.15) is 5.82 Å². The summed E-state index contributed by atoms with van der Waals surface area (Å²) in [5.41, 5.74) is 0. The molecule has 0 unspecified atom stereocenters. The molecule has 94 valence electrons. The summed E-state index contributed by atoms with van der Waals surface area (Å²) in [6, 6.07) is 0.679. The number of fused-ring (bicyclic) bond motifs is 1. The van der Waals surface area contributed by atoms with Crippen LogP contribution >= 0.6 is 11.8 Å². The minimum atomic E-state index is 0.679. The largest absolute Gasteiger partial charge is 0.313 e. The third-order valence-electron chi connectivity index (χ3n) is 3.65. The number of hydrogen-bond acceptors (Lipinski definition) is 4. The first kappa shape index (κ1) is 11.5. The first-order valence-corrected chi connectivity index (χ1v) is 7.70. The van der Waals surface area contributed by atoms with Crippen molar-refractivity contribution in [3.05, 3.63) is 5.82 Å². The number of aromatic nitrogens is 3. The Labute approximate surface area is 107 Å². The maximum atomic E-state index is 4.35. The van der Waals surface area contributed by atoms with Gasteiger partial charge in [-0.3, -0.25) is 0 Å². The van der Waals surface area contributed by atoms with E-state index in [0.29, 0.717) is 6.04 Å². The molecule has 0 radical (unpaired) electrons. The molecule has 3 heterocycles. The molecule has 0 aliphatic carbocycles. The van der Waals surface area contributed by atoms with Crippen LogP contribution in [0.4, 0.5) is 0 Å². The second kappa shape index (κ2) is 5.40. The molecule has 0 bridgehead atoms. The molecule has 0 saturated carbocycles. The number of thioether (sulfide) groups is 1. The second-order valence-corrected chi connectivity index (χ2v) is 5.95. The van der Waals surface area contributed by atoms with Gasteiger partial charge in [-0.15, -0.1) is 10.2 Å². The monoisotopic (exact) mass is 252 g/mol. The van der Waals surface area contributed by atoms with E-state index < -0.39 is 0 Å². The van der Waals surface area contributed by atoms with Crippen molar-refractivity contribution >= 4 is 11.8 Å². The van der Waals surface area contributed by atoms with Crippen molar-refractivity contribution in [2.24, 2.45) is 0 Å². The molecule has 2 aliphatic rings. The Balaban J connectivity index is 1.64. The molecular weight excluding hydrogens is 232 g/mol. The van der Waals surface area contributed by atoms with Gasteiger partial charge in [-0.05, 0) is 32.2 Å². The Bertz CT molecular complexity index is 371. The fourth-order valence-corrected chi connectivity index (χ4v) is 3.73. The highest BCUT2D eigenvalue weighted by atomic mass is 32.2. The third-order valence-corrected chi connectivity index (χ3v) is 4.78. The van der Waals surface area contributed by atoms with Crippen LogP contribution in [0, 0.1) is 0 Å². The highest BCUT2D eigenvalue weighted by Crippen LogP contribution is 2.23. The molecule has 3 rings (SSSR count). The first-order valence-electron chi connectivity index (χ1n) is 6.72. The third kappa shape index (κ3) is 2.65. The summed E-state index contributed by atoms with van der Waals surface area (Å²) < 4.78 is 2.34. The van der Waals surface area contributed by atoms with Crippen LogP contribution in [0.2, 0.25) is 0 Å². The van der Waals surface area contributed by atoms with E-state index in [2.05, 4.69) is 20.1 Å². The normalized spacial score (nSPS) is 24.6. The molecule has 1 saturated heterocycles. The predicted octanol–water partition coefficient (Wildman–Crippen LogP) is 1.85. The number of hydrogen-bond donors (Lipinski definition) is 1. The molecule has 2 aliphatic heterocycles. The van der Waals surface area contributed by atoms with E-state index in [0.717, 1.165) is 23.9 Å². The van der Waals surface area contributed by atoms with Crippen LogP contribution in [-0.2, 0) is 13.0 Å². The van der Waals surface area contributed by atoms with Crippen molar-refractivity contribution in [2.75, 3.05) is 12.3 Å². The summed E-state index contributed by atoms with van der Waals surface area (Å²) in [4.78, 5) is 0. The number of rotatable bonds is 3. The molecular formula is C12H20N4S. The van der Waals surface area contributed by atoms with Crippen molar-refractivity contribution in [3.63, 3.8) is 0 Å². The van der Waals surface area contributed by atoms with Gasteiger partial charge < -0.3 is 9.88 Å². The maximum Gasteiger partial charge on any atom is 0.191 e. The van der Waals surface area contributed by atoms with Crippen molar-refractivity contribution in [1.82, 2.24) is 20.1 Å². The first-order chi connectivity index (χ1) is 8.43. The molecule has 1 aromatic rings. The summed E-state index contributed by atoms with van der Waals surface area (Å²) in [5, 5.41) is 13.4. The second-order valence-electron chi connectivity index (χ2n) is 4.97. The number of nitrogens with zero attached hydrogens (tertiary/aromatic N) is 3. The molecule has 0 aromatic carbocycles. The van der Waals surface area contributed by atoms with E-state index in [-0.39, 0.29) is 0 Å². The Morgan fingerprint density at radius 3 is 3.12 bits per heavy atom. The average Bonchev–Trinajstić information content (AvgIpc) is 2.92. The Kier molecular flexibility index (Phi) is 3.66. The zero-order chi connectivity index (χ0) is 11.5. The molecule has 1 N–H and O–H groups in total.